The number of rotatable bonds is 3. The predicted octanol–water partition coefficient (Wildman–Crippen LogP) is 4.86. The molecule has 172 valence electrons. The van der Waals surface area contributed by atoms with Crippen LogP contribution in [0.1, 0.15) is 57.5 Å². The number of benzene rings is 1. The topological polar surface area (TPSA) is 75.8 Å². The van der Waals surface area contributed by atoms with Crippen molar-refractivity contribution >= 4 is 5.84 Å². The summed E-state index contributed by atoms with van der Waals surface area (Å²) in [5.74, 6) is -0.142. The van der Waals surface area contributed by atoms with E-state index in [-0.39, 0.29) is 17.4 Å². The molecule has 2 aliphatic heterocycles. The lowest BCUT2D eigenvalue weighted by Gasteiger charge is -2.38. The largest absolute Gasteiger partial charge is 0.354 e. The maximum Gasteiger partial charge on any atom is 0.217 e. The molecule has 6 heteroatoms. The standard InChI is InChI=1S/C27H33N5O/c1-17-8-9-19(20-10-11-29-21(13-20)15-28)14-22(17)24-18(2)12-23-25(30-24)31(7)27(6,33)32(23)16-26(3,4)5/h8-14,18,24,33H,16H2,1-7H3. The number of aliphatic hydroxyl groups is 1. The number of pyridine rings is 1. The molecule has 0 bridgehead atoms. The third-order valence-corrected chi connectivity index (χ3v) is 6.60. The molecule has 3 unspecified atom stereocenters. The van der Waals surface area contributed by atoms with Gasteiger partial charge >= 0.3 is 0 Å². The van der Waals surface area contributed by atoms with Crippen LogP contribution in [0.5, 0.6) is 0 Å². The summed E-state index contributed by atoms with van der Waals surface area (Å²) < 4.78 is 0. The first kappa shape index (κ1) is 23.0. The van der Waals surface area contributed by atoms with Gasteiger partial charge in [-0.05, 0) is 52.8 Å². The molecule has 4 rings (SSSR count). The van der Waals surface area contributed by atoms with Crippen molar-refractivity contribution in [3.05, 3.63) is 65.1 Å². The van der Waals surface area contributed by atoms with Gasteiger partial charge in [-0.3, -0.25) is 4.99 Å². The second-order valence-corrected chi connectivity index (χ2v) is 10.6. The van der Waals surface area contributed by atoms with E-state index in [4.69, 9.17) is 4.99 Å². The van der Waals surface area contributed by atoms with Gasteiger partial charge < -0.3 is 14.9 Å². The number of hydrogen-bond acceptors (Lipinski definition) is 6. The fourth-order valence-electron chi connectivity index (χ4n) is 4.68. The van der Waals surface area contributed by atoms with Crippen molar-refractivity contribution in [2.75, 3.05) is 13.6 Å². The van der Waals surface area contributed by atoms with Gasteiger partial charge in [-0.2, -0.15) is 5.26 Å². The van der Waals surface area contributed by atoms with Crippen LogP contribution in [-0.4, -0.2) is 45.2 Å². The zero-order chi connectivity index (χ0) is 24.1. The maximum absolute atomic E-state index is 11.4. The molecule has 1 aromatic heterocycles. The Morgan fingerprint density at radius 1 is 1.18 bits per heavy atom. The van der Waals surface area contributed by atoms with Crippen LogP contribution in [0.2, 0.25) is 0 Å². The van der Waals surface area contributed by atoms with Crippen LogP contribution in [0.4, 0.5) is 0 Å². The predicted molar refractivity (Wildman–Crippen MR) is 131 cm³/mol. The minimum absolute atomic E-state index is 0.0267. The van der Waals surface area contributed by atoms with Crippen molar-refractivity contribution in [3.8, 4) is 17.2 Å². The van der Waals surface area contributed by atoms with Gasteiger partial charge in [-0.25, -0.2) is 4.98 Å². The summed E-state index contributed by atoms with van der Waals surface area (Å²) in [7, 11) is 1.91. The highest BCUT2D eigenvalue weighted by atomic mass is 16.3. The van der Waals surface area contributed by atoms with E-state index in [1.165, 1.54) is 5.56 Å². The van der Waals surface area contributed by atoms with Crippen LogP contribution in [0.3, 0.4) is 0 Å². The highest BCUT2D eigenvalue weighted by Crippen LogP contribution is 2.43. The SMILES string of the molecule is Cc1ccc(-c2ccnc(C#N)c2)cc1C1N=C2C(=CC1C)N(CC(C)(C)C)C(C)(O)N2C. The van der Waals surface area contributed by atoms with Crippen LogP contribution >= 0.6 is 0 Å². The van der Waals surface area contributed by atoms with Crippen molar-refractivity contribution in [1.29, 1.82) is 5.26 Å². The summed E-state index contributed by atoms with van der Waals surface area (Å²) in [6, 6.07) is 12.2. The minimum atomic E-state index is -1.13. The summed E-state index contributed by atoms with van der Waals surface area (Å²) >= 11 is 0. The van der Waals surface area contributed by atoms with Crippen LogP contribution in [-0.2, 0) is 0 Å². The number of aliphatic imine (C=N–C) groups is 1. The van der Waals surface area contributed by atoms with Gasteiger partial charge in [0.25, 0.3) is 0 Å². The average Bonchev–Trinajstić information content (AvgIpc) is 2.93. The fourth-order valence-corrected chi connectivity index (χ4v) is 4.68. The van der Waals surface area contributed by atoms with E-state index in [0.717, 1.165) is 34.8 Å². The van der Waals surface area contributed by atoms with E-state index < -0.39 is 5.85 Å². The van der Waals surface area contributed by atoms with Crippen molar-refractivity contribution in [2.24, 2.45) is 16.3 Å². The zero-order valence-electron chi connectivity index (χ0n) is 20.6. The highest BCUT2D eigenvalue weighted by Gasteiger charge is 2.49. The van der Waals surface area contributed by atoms with Gasteiger partial charge in [-0.1, -0.05) is 45.9 Å². The Morgan fingerprint density at radius 3 is 2.55 bits per heavy atom. The third-order valence-electron chi connectivity index (χ3n) is 6.60. The Labute approximate surface area is 196 Å². The minimum Gasteiger partial charge on any atom is -0.354 e. The smallest absolute Gasteiger partial charge is 0.217 e. The Morgan fingerprint density at radius 2 is 1.88 bits per heavy atom. The monoisotopic (exact) mass is 443 g/mol. The summed E-state index contributed by atoms with van der Waals surface area (Å²) in [6.07, 6.45) is 3.92. The van der Waals surface area contributed by atoms with E-state index in [1.54, 1.807) is 6.20 Å². The molecule has 33 heavy (non-hydrogen) atoms. The highest BCUT2D eigenvalue weighted by molar-refractivity contribution is 6.01. The summed E-state index contributed by atoms with van der Waals surface area (Å²) in [6.45, 7) is 13.4. The average molecular weight is 444 g/mol. The number of nitrogens with zero attached hydrogens (tertiary/aromatic N) is 5. The molecule has 1 saturated heterocycles. The molecule has 1 N–H and O–H groups in total. The van der Waals surface area contributed by atoms with Gasteiger partial charge in [0.1, 0.15) is 11.8 Å². The van der Waals surface area contributed by atoms with Gasteiger partial charge in [0.2, 0.25) is 5.85 Å². The molecule has 3 atom stereocenters. The molecule has 0 spiro atoms. The van der Waals surface area contributed by atoms with E-state index in [0.29, 0.717) is 5.69 Å². The van der Waals surface area contributed by atoms with E-state index in [1.807, 2.05) is 31.0 Å². The molecule has 2 aliphatic rings. The Bertz CT molecular complexity index is 1180. The van der Waals surface area contributed by atoms with Crippen molar-refractivity contribution < 1.29 is 5.11 Å². The first-order valence-corrected chi connectivity index (χ1v) is 11.4. The quantitative estimate of drug-likeness (QED) is 0.733. The second-order valence-electron chi connectivity index (χ2n) is 10.6. The van der Waals surface area contributed by atoms with Crippen molar-refractivity contribution in [1.82, 2.24) is 14.8 Å². The van der Waals surface area contributed by atoms with Gasteiger partial charge in [0.15, 0.2) is 5.84 Å². The second kappa shape index (κ2) is 8.00. The molecule has 6 nitrogen and oxygen atoms in total. The maximum atomic E-state index is 11.4. The lowest BCUT2D eigenvalue weighted by atomic mass is 9.87. The van der Waals surface area contributed by atoms with Gasteiger partial charge in [-0.15, -0.1) is 0 Å². The Hall–Kier alpha value is -3.17. The van der Waals surface area contributed by atoms with Crippen molar-refractivity contribution in [2.45, 2.75) is 53.4 Å². The van der Waals surface area contributed by atoms with Crippen LogP contribution in [0.25, 0.3) is 11.1 Å². The van der Waals surface area contributed by atoms with Crippen molar-refractivity contribution in [3.63, 3.8) is 0 Å². The van der Waals surface area contributed by atoms with Crippen LogP contribution in [0.15, 0.2) is 53.3 Å². The number of aromatic nitrogens is 1. The van der Waals surface area contributed by atoms with Crippen LogP contribution < -0.4 is 0 Å². The third kappa shape index (κ3) is 4.14. The molecular formula is C27H33N5O. The lowest BCUT2D eigenvalue weighted by molar-refractivity contribution is -0.139. The fraction of sp³-hybridized carbons (Fsp3) is 0.444. The normalized spacial score (nSPS) is 24.8. The Kier molecular flexibility index (Phi) is 5.58. The molecule has 3 heterocycles. The van der Waals surface area contributed by atoms with Gasteiger partial charge in [0.05, 0.1) is 11.7 Å². The van der Waals surface area contributed by atoms with E-state index >= 15 is 0 Å². The molecule has 0 aliphatic carbocycles. The number of aryl methyl sites for hydroxylation is 1. The summed E-state index contributed by atoms with van der Waals surface area (Å²) in [4.78, 5) is 13.2. The number of dihydropyridines is 1. The number of amidine groups is 1. The number of hydrogen-bond donors (Lipinski definition) is 1. The lowest BCUT2D eigenvalue weighted by Crippen LogP contribution is -2.51. The van der Waals surface area contributed by atoms with E-state index in [9.17, 15) is 10.4 Å². The van der Waals surface area contributed by atoms with Gasteiger partial charge in [0, 0.05) is 32.6 Å². The first-order chi connectivity index (χ1) is 15.4. The molecule has 0 saturated carbocycles. The van der Waals surface area contributed by atoms with Crippen LogP contribution in [0, 0.1) is 29.6 Å². The molecule has 2 aromatic rings. The Balaban J connectivity index is 1.75. The molecular weight excluding hydrogens is 410 g/mol. The molecule has 1 fully saturated rings. The first-order valence-electron chi connectivity index (χ1n) is 11.4. The molecule has 1 aromatic carbocycles. The molecule has 0 amide bonds. The van der Waals surface area contributed by atoms with E-state index in [2.05, 4.69) is 74.8 Å². The number of nitriles is 1. The molecule has 0 radical (unpaired) electrons. The summed E-state index contributed by atoms with van der Waals surface area (Å²) in [5, 5.41) is 20.6. The number of fused-ring (bicyclic) bond motifs is 1. The summed E-state index contributed by atoms with van der Waals surface area (Å²) in [5.41, 5.74) is 5.76. The zero-order valence-corrected chi connectivity index (χ0v) is 20.6. The number of likely N-dealkylation sites (N-methyl/N-ethyl adjacent to an activating group) is 1.